The van der Waals surface area contributed by atoms with Crippen LogP contribution in [-0.2, 0) is 22.5 Å². The fraction of sp³-hybridized carbons (Fsp3) is 0.708. The third-order valence-electron chi connectivity index (χ3n) is 7.87. The summed E-state index contributed by atoms with van der Waals surface area (Å²) >= 11 is 0. The van der Waals surface area contributed by atoms with Gasteiger partial charge >= 0.3 is 5.97 Å². The summed E-state index contributed by atoms with van der Waals surface area (Å²) in [5.74, 6) is 1.71. The molecule has 0 spiro atoms. The molecule has 3 rings (SSSR count). The molecule has 0 bridgehead atoms. The second kappa shape index (κ2) is 9.05. The van der Waals surface area contributed by atoms with Crippen molar-refractivity contribution in [1.82, 2.24) is 0 Å². The zero-order chi connectivity index (χ0) is 21.1. The average molecular weight is 405 g/mol. The van der Waals surface area contributed by atoms with E-state index in [9.17, 15) is 4.79 Å². The third kappa shape index (κ3) is 4.17. The number of ether oxygens (including phenoxy) is 1. The first-order valence-corrected chi connectivity index (χ1v) is 11.1. The minimum Gasteiger partial charge on any atom is -0.469 e. The highest BCUT2D eigenvalue weighted by Crippen LogP contribution is 2.62. The number of hydrogen-bond acceptors (Lipinski definition) is 4. The van der Waals surface area contributed by atoms with Crippen LogP contribution in [0.1, 0.15) is 63.7 Å². The molecular formula is C24H38NO4+. The van der Waals surface area contributed by atoms with Crippen LogP contribution >= 0.6 is 0 Å². The lowest BCUT2D eigenvalue weighted by Crippen LogP contribution is -2.83. The van der Waals surface area contributed by atoms with Gasteiger partial charge in [-0.2, -0.15) is 0 Å². The molecule has 5 nitrogen and oxygen atoms in total. The van der Waals surface area contributed by atoms with Crippen molar-refractivity contribution in [3.05, 3.63) is 35.8 Å². The normalized spacial score (nSPS) is 32.1. The summed E-state index contributed by atoms with van der Waals surface area (Å²) in [6, 6.07) is 2.08. The molecule has 29 heavy (non-hydrogen) atoms. The minimum atomic E-state index is -0.388. The van der Waals surface area contributed by atoms with Gasteiger partial charge in [0.05, 0.1) is 31.9 Å². The van der Waals surface area contributed by atoms with Crippen molar-refractivity contribution in [1.29, 1.82) is 0 Å². The van der Waals surface area contributed by atoms with E-state index in [4.69, 9.17) is 14.3 Å². The molecule has 2 aliphatic carbocycles. The Labute approximate surface area is 174 Å². The standard InChI is InChI=1S/C24H37NO4/c1-17-6-9-21-23(2,11-5-12-24(21,3)22(27)28-4)19(17)8-7-18-10-15-29-20(18)16-25-13-14-26/h10,15,19,21,25-26H,1,5-9,11-14,16H2,2-4H3/p+1/t19-,21-,23+,24-/m0/s1. The Hall–Kier alpha value is -1.59. The SMILES string of the molecule is C=C1CC[C@H]2[C@](C)(CCC[C@]2(C)C(=O)OC)[C@H]1CCc1ccoc1C[NH2+]CCO. The summed E-state index contributed by atoms with van der Waals surface area (Å²) in [5.41, 5.74) is 2.29. The van der Waals surface area contributed by atoms with Crippen LogP contribution in [0.3, 0.4) is 0 Å². The maximum absolute atomic E-state index is 12.7. The van der Waals surface area contributed by atoms with Crippen molar-refractivity contribution in [2.45, 2.75) is 65.3 Å². The summed E-state index contributed by atoms with van der Waals surface area (Å²) < 4.78 is 10.9. The highest BCUT2D eigenvalue weighted by molar-refractivity contribution is 5.77. The zero-order valence-corrected chi connectivity index (χ0v) is 18.3. The van der Waals surface area contributed by atoms with Gasteiger partial charge in [0.2, 0.25) is 0 Å². The van der Waals surface area contributed by atoms with Crippen LogP contribution in [0.4, 0.5) is 0 Å². The number of hydrogen-bond donors (Lipinski definition) is 2. The Morgan fingerprint density at radius 1 is 1.41 bits per heavy atom. The number of nitrogens with two attached hydrogens (primary N) is 1. The van der Waals surface area contributed by atoms with Crippen LogP contribution in [0.5, 0.6) is 0 Å². The first-order valence-electron chi connectivity index (χ1n) is 11.1. The van der Waals surface area contributed by atoms with E-state index in [0.717, 1.165) is 57.3 Å². The summed E-state index contributed by atoms with van der Waals surface area (Å²) in [6.45, 7) is 10.6. The molecule has 1 aromatic heterocycles. The van der Waals surface area contributed by atoms with Crippen LogP contribution in [0, 0.1) is 22.7 Å². The molecule has 2 saturated carbocycles. The molecule has 0 aliphatic heterocycles. The van der Waals surface area contributed by atoms with E-state index in [1.54, 1.807) is 6.26 Å². The van der Waals surface area contributed by atoms with Crippen molar-refractivity contribution in [3.8, 4) is 0 Å². The number of rotatable bonds is 8. The molecule has 0 unspecified atom stereocenters. The number of fused-ring (bicyclic) bond motifs is 1. The topological polar surface area (TPSA) is 76.3 Å². The van der Waals surface area contributed by atoms with Crippen molar-refractivity contribution in [2.24, 2.45) is 22.7 Å². The fourth-order valence-electron chi connectivity index (χ4n) is 6.35. The monoisotopic (exact) mass is 404 g/mol. The predicted octanol–water partition coefficient (Wildman–Crippen LogP) is 3.22. The van der Waals surface area contributed by atoms with E-state index in [1.807, 2.05) is 0 Å². The summed E-state index contributed by atoms with van der Waals surface area (Å²) in [4.78, 5) is 12.7. The molecule has 1 aromatic rings. The van der Waals surface area contributed by atoms with Crippen LogP contribution in [0.15, 0.2) is 28.9 Å². The van der Waals surface area contributed by atoms with Crippen molar-refractivity contribution >= 4 is 5.97 Å². The number of carbonyl (C=O) groups excluding carboxylic acids is 1. The molecule has 4 atom stereocenters. The molecule has 1 heterocycles. The van der Waals surface area contributed by atoms with E-state index in [1.165, 1.54) is 18.2 Å². The van der Waals surface area contributed by atoms with Crippen molar-refractivity contribution < 1.29 is 24.4 Å². The van der Waals surface area contributed by atoms with Crippen LogP contribution in [0.25, 0.3) is 0 Å². The molecule has 0 radical (unpaired) electrons. The highest BCUT2D eigenvalue weighted by Gasteiger charge is 2.57. The largest absolute Gasteiger partial charge is 0.469 e. The second-order valence-corrected chi connectivity index (χ2v) is 9.48. The maximum atomic E-state index is 12.7. The van der Waals surface area contributed by atoms with Gasteiger partial charge in [0.1, 0.15) is 6.54 Å². The third-order valence-corrected chi connectivity index (χ3v) is 7.87. The summed E-state index contributed by atoms with van der Waals surface area (Å²) in [5, 5.41) is 11.1. The Morgan fingerprint density at radius 2 is 2.21 bits per heavy atom. The summed E-state index contributed by atoms with van der Waals surface area (Å²) in [7, 11) is 1.52. The number of aliphatic hydroxyl groups is 1. The van der Waals surface area contributed by atoms with Crippen LogP contribution in [-0.4, -0.2) is 31.3 Å². The maximum Gasteiger partial charge on any atom is 0.311 e. The molecule has 2 fully saturated rings. The van der Waals surface area contributed by atoms with Gasteiger partial charge in [-0.1, -0.05) is 25.5 Å². The number of aryl methyl sites for hydroxylation is 1. The smallest absolute Gasteiger partial charge is 0.311 e. The van der Waals surface area contributed by atoms with Gasteiger partial charge in [0.25, 0.3) is 0 Å². The number of methoxy groups -OCH3 is 1. The van der Waals surface area contributed by atoms with E-state index in [0.29, 0.717) is 18.4 Å². The number of carbonyl (C=O) groups is 1. The Morgan fingerprint density at radius 3 is 2.93 bits per heavy atom. The Bertz CT molecular complexity index is 726. The van der Waals surface area contributed by atoms with Crippen molar-refractivity contribution in [3.63, 3.8) is 0 Å². The number of esters is 1. The summed E-state index contributed by atoms with van der Waals surface area (Å²) in [6.07, 6.45) is 8.93. The van der Waals surface area contributed by atoms with Crippen molar-refractivity contribution in [2.75, 3.05) is 20.3 Å². The molecule has 3 N–H and O–H groups in total. The first kappa shape index (κ1) is 22.1. The molecular weight excluding hydrogens is 366 g/mol. The number of aliphatic hydroxyl groups excluding tert-OH is 1. The highest BCUT2D eigenvalue weighted by atomic mass is 16.5. The average Bonchev–Trinajstić information content (AvgIpc) is 3.14. The van der Waals surface area contributed by atoms with Crippen LogP contribution in [0.2, 0.25) is 0 Å². The van der Waals surface area contributed by atoms with Gasteiger partial charge < -0.3 is 19.6 Å². The Balaban J connectivity index is 1.76. The van der Waals surface area contributed by atoms with Gasteiger partial charge in [0.15, 0.2) is 5.76 Å². The predicted molar refractivity (Wildman–Crippen MR) is 112 cm³/mol. The van der Waals surface area contributed by atoms with E-state index in [-0.39, 0.29) is 23.4 Å². The molecule has 162 valence electrons. The van der Waals surface area contributed by atoms with E-state index < -0.39 is 0 Å². The van der Waals surface area contributed by atoms with Gasteiger partial charge in [-0.05, 0) is 74.3 Å². The van der Waals surface area contributed by atoms with Gasteiger partial charge in [-0.15, -0.1) is 0 Å². The zero-order valence-electron chi connectivity index (χ0n) is 18.3. The van der Waals surface area contributed by atoms with Crippen LogP contribution < -0.4 is 5.32 Å². The Kier molecular flexibility index (Phi) is 6.90. The van der Waals surface area contributed by atoms with E-state index >= 15 is 0 Å². The number of quaternary nitrogens is 1. The molecule has 0 aromatic carbocycles. The van der Waals surface area contributed by atoms with Gasteiger partial charge in [-0.25, -0.2) is 0 Å². The van der Waals surface area contributed by atoms with Gasteiger partial charge in [-0.3, -0.25) is 4.79 Å². The second-order valence-electron chi connectivity index (χ2n) is 9.48. The van der Waals surface area contributed by atoms with E-state index in [2.05, 4.69) is 31.8 Å². The first-order chi connectivity index (χ1) is 13.9. The fourth-order valence-corrected chi connectivity index (χ4v) is 6.35. The minimum absolute atomic E-state index is 0.0452. The quantitative estimate of drug-likeness (QED) is 0.396. The van der Waals surface area contributed by atoms with Gasteiger partial charge in [0, 0.05) is 0 Å². The molecule has 0 saturated heterocycles. The lowest BCUT2D eigenvalue weighted by Gasteiger charge is -2.57. The molecule has 0 amide bonds. The number of furan rings is 1. The number of allylic oxidation sites excluding steroid dienone is 1. The lowest BCUT2D eigenvalue weighted by molar-refractivity contribution is -0.673. The lowest BCUT2D eigenvalue weighted by atomic mass is 9.46. The molecule has 5 heteroatoms. The molecule has 2 aliphatic rings.